The molecule has 5 nitrogen and oxygen atoms in total. The Labute approximate surface area is 115 Å². The van der Waals surface area contributed by atoms with Gasteiger partial charge in [0.05, 0.1) is 6.04 Å². The van der Waals surface area contributed by atoms with Crippen molar-refractivity contribution in [1.29, 1.82) is 0 Å². The first-order chi connectivity index (χ1) is 9.24. The van der Waals surface area contributed by atoms with Crippen molar-refractivity contribution >= 4 is 12.1 Å². The summed E-state index contributed by atoms with van der Waals surface area (Å²) in [6.07, 6.45) is 5.52. The number of Topliss-reactive ketones (excluding diaryl/α,β-unsaturated/α-hetero) is 1. The van der Waals surface area contributed by atoms with Crippen molar-refractivity contribution in [3.63, 3.8) is 0 Å². The predicted molar refractivity (Wildman–Crippen MR) is 73.8 cm³/mol. The molecule has 19 heavy (non-hydrogen) atoms. The number of carbonyl (C=O) groups is 1. The van der Waals surface area contributed by atoms with E-state index in [-0.39, 0.29) is 11.8 Å². The monoisotopic (exact) mass is 266 g/mol. The minimum absolute atomic E-state index is 0.0128. The molecule has 0 aromatic rings. The molecular weight excluding hydrogens is 242 g/mol. The Balaban J connectivity index is 1.96. The lowest BCUT2D eigenvalue weighted by molar-refractivity contribution is -0.127. The third kappa shape index (κ3) is 3.61. The summed E-state index contributed by atoms with van der Waals surface area (Å²) >= 11 is 0. The van der Waals surface area contributed by atoms with E-state index < -0.39 is 6.04 Å². The number of hydrogen-bond acceptors (Lipinski definition) is 5. The number of nitrogens with one attached hydrogen (secondary N) is 1. The molecule has 2 unspecified atom stereocenters. The molecule has 0 spiro atoms. The average Bonchev–Trinajstić information content (AvgIpc) is 2.49. The number of hydrogen-bond donors (Lipinski definition) is 1. The Kier molecular flexibility index (Phi) is 5.48. The quantitative estimate of drug-likeness (QED) is 0.699. The number of carbonyl (C=O) groups excluding carboxylic acids is 2. The summed E-state index contributed by atoms with van der Waals surface area (Å²) in [5.74, 6) is 0.0128. The summed E-state index contributed by atoms with van der Waals surface area (Å²) in [6.45, 7) is 7.05. The molecule has 5 heteroatoms. The minimum Gasteiger partial charge on any atom is -0.314 e. The van der Waals surface area contributed by atoms with Crippen LogP contribution in [-0.2, 0) is 9.59 Å². The predicted octanol–water partition coefficient (Wildman–Crippen LogP) is -0.187. The number of piperidine rings is 1. The van der Waals surface area contributed by atoms with E-state index in [1.807, 2.05) is 18.1 Å². The Morgan fingerprint density at radius 2 is 1.68 bits per heavy atom. The van der Waals surface area contributed by atoms with Crippen molar-refractivity contribution in [3.05, 3.63) is 0 Å². The van der Waals surface area contributed by atoms with Crippen molar-refractivity contribution < 1.29 is 9.59 Å². The Morgan fingerprint density at radius 1 is 1.05 bits per heavy atom. The lowest BCUT2D eigenvalue weighted by atomic mass is 10.0. The average molecular weight is 266 g/mol. The third-order valence-corrected chi connectivity index (χ3v) is 4.25. The van der Waals surface area contributed by atoms with Crippen LogP contribution in [-0.4, -0.2) is 73.2 Å². The molecule has 0 aromatic carbocycles. The highest BCUT2D eigenvalue weighted by atomic mass is 16.1. The molecule has 0 bridgehead atoms. The lowest BCUT2D eigenvalue weighted by Crippen LogP contribution is -2.56. The van der Waals surface area contributed by atoms with Crippen LogP contribution in [0.5, 0.6) is 0 Å². The Morgan fingerprint density at radius 3 is 2.26 bits per heavy atom. The van der Waals surface area contributed by atoms with Crippen molar-refractivity contribution in [1.82, 2.24) is 15.1 Å². The van der Waals surface area contributed by atoms with Gasteiger partial charge in [-0.05, 0) is 32.9 Å². The van der Waals surface area contributed by atoms with E-state index >= 15 is 0 Å². The van der Waals surface area contributed by atoms with Gasteiger partial charge >= 0.3 is 0 Å². The van der Waals surface area contributed by atoms with Crippen LogP contribution in [0.15, 0.2) is 0 Å². The van der Waals surface area contributed by atoms with Gasteiger partial charge in [-0.25, -0.2) is 0 Å². The molecule has 2 saturated heterocycles. The van der Waals surface area contributed by atoms with Gasteiger partial charge in [-0.3, -0.25) is 19.4 Å². The van der Waals surface area contributed by atoms with E-state index in [0.717, 1.165) is 52.1 Å². The molecule has 107 valence electrons. The maximum atomic E-state index is 12.5. The summed E-state index contributed by atoms with van der Waals surface area (Å²) < 4.78 is 0. The van der Waals surface area contributed by atoms with Crippen LogP contribution in [0.4, 0.5) is 0 Å². The molecule has 1 N–H and O–H groups in total. The van der Waals surface area contributed by atoms with E-state index in [1.54, 1.807) is 0 Å². The van der Waals surface area contributed by atoms with Crippen molar-refractivity contribution in [3.8, 4) is 0 Å². The summed E-state index contributed by atoms with van der Waals surface area (Å²) in [7, 11) is 0. The van der Waals surface area contributed by atoms with Crippen molar-refractivity contribution in [2.45, 2.75) is 38.3 Å². The molecule has 2 atom stereocenters. The summed E-state index contributed by atoms with van der Waals surface area (Å²) in [6, 6.07) is -0.847. The molecule has 0 aromatic heterocycles. The minimum atomic E-state index is -0.681. The molecule has 1 radical (unpaired) electrons. The highest BCUT2D eigenvalue weighted by molar-refractivity contribution is 6.00. The zero-order valence-electron chi connectivity index (χ0n) is 11.7. The number of nitrogens with zero attached hydrogens (tertiary/aromatic N) is 2. The zero-order valence-corrected chi connectivity index (χ0v) is 11.7. The van der Waals surface area contributed by atoms with Gasteiger partial charge in [0, 0.05) is 26.2 Å². The first kappa shape index (κ1) is 14.6. The molecule has 0 saturated carbocycles. The van der Waals surface area contributed by atoms with Crippen LogP contribution < -0.4 is 5.32 Å². The van der Waals surface area contributed by atoms with E-state index in [2.05, 4.69) is 10.2 Å². The molecule has 2 aliphatic heterocycles. The fourth-order valence-electron chi connectivity index (χ4n) is 2.97. The largest absolute Gasteiger partial charge is 0.314 e. The second-order valence-electron chi connectivity index (χ2n) is 5.48. The third-order valence-electron chi connectivity index (χ3n) is 4.25. The van der Waals surface area contributed by atoms with Gasteiger partial charge in [0.15, 0.2) is 5.78 Å². The van der Waals surface area contributed by atoms with E-state index in [4.69, 9.17) is 0 Å². The highest BCUT2D eigenvalue weighted by Gasteiger charge is 2.33. The van der Waals surface area contributed by atoms with Crippen molar-refractivity contribution in [2.24, 2.45) is 0 Å². The fourth-order valence-corrected chi connectivity index (χ4v) is 2.97. The van der Waals surface area contributed by atoms with Crippen LogP contribution in [0.2, 0.25) is 0 Å². The molecule has 2 rings (SSSR count). The van der Waals surface area contributed by atoms with Crippen LogP contribution in [0.1, 0.15) is 26.2 Å². The first-order valence-electron chi connectivity index (χ1n) is 7.34. The smallest absolute Gasteiger partial charge is 0.225 e. The second-order valence-corrected chi connectivity index (χ2v) is 5.48. The number of likely N-dealkylation sites (tertiary alicyclic amines) is 1. The summed E-state index contributed by atoms with van der Waals surface area (Å²) in [4.78, 5) is 27.9. The topological polar surface area (TPSA) is 52.7 Å². The molecule has 0 aliphatic carbocycles. The second kappa shape index (κ2) is 7.12. The molecular formula is C14H24N3O2. The summed E-state index contributed by atoms with van der Waals surface area (Å²) in [5.41, 5.74) is 0. The van der Waals surface area contributed by atoms with Gasteiger partial charge in [0.1, 0.15) is 6.04 Å². The molecule has 2 heterocycles. The van der Waals surface area contributed by atoms with Crippen molar-refractivity contribution in [2.75, 3.05) is 39.3 Å². The number of rotatable bonds is 5. The molecule has 2 aliphatic rings. The fraction of sp³-hybridized carbons (Fsp3) is 0.857. The van der Waals surface area contributed by atoms with Crippen LogP contribution in [0.3, 0.4) is 0 Å². The first-order valence-corrected chi connectivity index (χ1v) is 7.34. The number of ketones is 1. The number of piperazine rings is 1. The van der Waals surface area contributed by atoms with Gasteiger partial charge in [0.25, 0.3) is 0 Å². The van der Waals surface area contributed by atoms with Gasteiger partial charge in [-0.1, -0.05) is 6.42 Å². The summed E-state index contributed by atoms with van der Waals surface area (Å²) in [5, 5.41) is 3.23. The van der Waals surface area contributed by atoms with Crippen LogP contribution in [0, 0.1) is 0 Å². The SMILES string of the molecule is CC(C(=O)C([C]=O)N1CCNCC1)N1CCCCC1. The van der Waals surface area contributed by atoms with Crippen LogP contribution >= 0.6 is 0 Å². The Hall–Kier alpha value is -0.780. The van der Waals surface area contributed by atoms with Gasteiger partial charge in [-0.2, -0.15) is 0 Å². The molecule has 2 fully saturated rings. The van der Waals surface area contributed by atoms with E-state index in [9.17, 15) is 9.59 Å². The molecule has 0 amide bonds. The van der Waals surface area contributed by atoms with Crippen LogP contribution in [0.25, 0.3) is 0 Å². The maximum absolute atomic E-state index is 12.5. The van der Waals surface area contributed by atoms with E-state index in [1.165, 1.54) is 6.42 Å². The Bertz CT molecular complexity index is 310. The van der Waals surface area contributed by atoms with Gasteiger partial charge in [-0.15, -0.1) is 0 Å². The van der Waals surface area contributed by atoms with Gasteiger partial charge < -0.3 is 5.32 Å². The lowest BCUT2D eigenvalue weighted by Gasteiger charge is -2.36. The van der Waals surface area contributed by atoms with E-state index in [0.29, 0.717) is 0 Å². The maximum Gasteiger partial charge on any atom is 0.225 e. The standard InChI is InChI=1S/C14H24N3O2/c1-12(16-7-3-2-4-8-16)14(19)13(11-18)17-9-5-15-6-10-17/h12-13,15H,2-10H2,1H3. The zero-order chi connectivity index (χ0) is 13.7. The highest BCUT2D eigenvalue weighted by Crippen LogP contribution is 2.15. The normalized spacial score (nSPS) is 25.7. The van der Waals surface area contributed by atoms with Gasteiger partial charge in [0.2, 0.25) is 6.29 Å².